The van der Waals surface area contributed by atoms with Gasteiger partial charge in [-0.25, -0.2) is 13.9 Å². The highest BCUT2D eigenvalue weighted by atomic mass is 32.2. The molecule has 4 rings (SSSR count). The first kappa shape index (κ1) is 27.1. The summed E-state index contributed by atoms with van der Waals surface area (Å²) in [5, 5.41) is 9.55. The molecule has 2 saturated heterocycles. The summed E-state index contributed by atoms with van der Waals surface area (Å²) >= 11 is 0. The zero-order valence-electron chi connectivity index (χ0n) is 20.8. The smallest absolute Gasteiger partial charge is 0.264 e. The highest BCUT2D eigenvalue weighted by Crippen LogP contribution is 2.39. The second-order valence-corrected chi connectivity index (χ2v) is 11.0. The van der Waals surface area contributed by atoms with Crippen molar-refractivity contribution in [3.8, 4) is 17.6 Å². The summed E-state index contributed by atoms with van der Waals surface area (Å²) in [6, 6.07) is 13.6. The number of hydroxylamine groups is 1. The number of amides is 1. The van der Waals surface area contributed by atoms with Crippen molar-refractivity contribution < 1.29 is 37.4 Å². The number of nitrogens with one attached hydrogen (secondary N) is 1. The molecule has 198 valence electrons. The van der Waals surface area contributed by atoms with Gasteiger partial charge in [-0.2, -0.15) is 4.31 Å². The fraction of sp³-hybridized carbons (Fsp3) is 0.423. The van der Waals surface area contributed by atoms with Crippen LogP contribution in [0.4, 0.5) is 0 Å². The average Bonchev–Trinajstić information content (AvgIpc) is 3.21. The normalized spacial score (nSPS) is 25.0. The molecule has 0 spiro atoms. The van der Waals surface area contributed by atoms with Crippen molar-refractivity contribution >= 4 is 15.9 Å². The number of hydrogen-bond acceptors (Lipinski definition) is 8. The maximum Gasteiger partial charge on any atom is 0.264 e. The molecule has 2 aliphatic rings. The number of benzene rings is 2. The Labute approximate surface area is 216 Å². The Morgan fingerprint density at radius 1 is 1.16 bits per heavy atom. The maximum atomic E-state index is 13.8. The van der Waals surface area contributed by atoms with Gasteiger partial charge in [-0.3, -0.25) is 10.0 Å². The number of hydrogen-bond donors (Lipinski definition) is 2. The molecule has 0 unspecified atom stereocenters. The van der Waals surface area contributed by atoms with Gasteiger partial charge in [-0.15, -0.1) is 5.92 Å². The van der Waals surface area contributed by atoms with E-state index in [0.717, 1.165) is 9.87 Å². The lowest BCUT2D eigenvalue weighted by Gasteiger charge is -2.43. The van der Waals surface area contributed by atoms with E-state index in [1.165, 1.54) is 24.3 Å². The standard InChI is InChI=1S/C26H30N2O8S/c1-4-5-15-33-19-11-13-20(14-12-19)37(31,32)28-16-21-23(36-26(2,3)35-21)24(22(28)25(29)27-30)34-17-18-9-7-6-8-10-18/h6-14,21-24,30H,15-17H2,1-3H3,(H,27,29)/t21-,22+,23-,24-/m0/s1. The molecule has 2 aromatic carbocycles. The second kappa shape index (κ2) is 11.2. The minimum absolute atomic E-state index is 0.0596. The zero-order chi connectivity index (χ0) is 26.6. The van der Waals surface area contributed by atoms with Crippen molar-refractivity contribution in [2.75, 3.05) is 13.2 Å². The first-order chi connectivity index (χ1) is 17.7. The topological polar surface area (TPSA) is 124 Å². The molecule has 2 N–H and O–H groups in total. The lowest BCUT2D eigenvalue weighted by atomic mass is 9.95. The number of fused-ring (bicyclic) bond motifs is 1. The van der Waals surface area contributed by atoms with Gasteiger partial charge in [0.15, 0.2) is 5.79 Å². The van der Waals surface area contributed by atoms with Gasteiger partial charge in [-0.1, -0.05) is 36.3 Å². The van der Waals surface area contributed by atoms with E-state index >= 15 is 0 Å². The molecule has 10 nitrogen and oxygen atoms in total. The van der Waals surface area contributed by atoms with Crippen LogP contribution in [0.3, 0.4) is 0 Å². The molecule has 2 aliphatic heterocycles. The third kappa shape index (κ3) is 5.96. The second-order valence-electron chi connectivity index (χ2n) is 9.08. The SMILES string of the molecule is CC#CCOc1ccc(S(=O)(=O)N2C[C@@H]3OC(C)(C)O[C@@H]3[C@@H](OCc3ccccc3)[C@@H]2C(=O)NO)cc1. The minimum atomic E-state index is -4.24. The summed E-state index contributed by atoms with van der Waals surface area (Å²) in [5.41, 5.74) is 2.42. The number of nitrogens with zero attached hydrogens (tertiary/aromatic N) is 1. The van der Waals surface area contributed by atoms with Crippen LogP contribution in [0, 0.1) is 11.8 Å². The number of carbonyl (C=O) groups excluding carboxylic acids is 1. The van der Waals surface area contributed by atoms with E-state index in [-0.39, 0.29) is 24.7 Å². The van der Waals surface area contributed by atoms with Crippen LogP contribution >= 0.6 is 0 Å². The summed E-state index contributed by atoms with van der Waals surface area (Å²) in [5.74, 6) is 3.97. The quantitative estimate of drug-likeness (QED) is 0.302. The largest absolute Gasteiger partial charge is 0.481 e. The average molecular weight is 531 g/mol. The first-order valence-corrected chi connectivity index (χ1v) is 13.2. The fourth-order valence-corrected chi connectivity index (χ4v) is 6.11. The Kier molecular flexibility index (Phi) is 8.18. The number of rotatable bonds is 8. The van der Waals surface area contributed by atoms with Crippen LogP contribution in [-0.4, -0.2) is 67.1 Å². The van der Waals surface area contributed by atoms with Crippen LogP contribution < -0.4 is 10.2 Å². The lowest BCUT2D eigenvalue weighted by molar-refractivity contribution is -0.168. The van der Waals surface area contributed by atoms with Crippen molar-refractivity contribution in [1.29, 1.82) is 0 Å². The molecule has 1 amide bonds. The number of ether oxygens (including phenoxy) is 4. The van der Waals surface area contributed by atoms with E-state index in [0.29, 0.717) is 5.75 Å². The molecule has 2 fully saturated rings. The van der Waals surface area contributed by atoms with Crippen LogP contribution in [0.25, 0.3) is 0 Å². The molecule has 0 bridgehead atoms. The maximum absolute atomic E-state index is 13.8. The molecule has 0 aliphatic carbocycles. The molecule has 2 heterocycles. The monoisotopic (exact) mass is 530 g/mol. The third-order valence-corrected chi connectivity index (χ3v) is 7.97. The van der Waals surface area contributed by atoms with Crippen molar-refractivity contribution in [2.24, 2.45) is 0 Å². The summed E-state index contributed by atoms with van der Waals surface area (Å²) in [6.45, 7) is 5.20. The van der Waals surface area contributed by atoms with E-state index in [4.69, 9.17) is 18.9 Å². The van der Waals surface area contributed by atoms with E-state index in [9.17, 15) is 18.4 Å². The van der Waals surface area contributed by atoms with Gasteiger partial charge in [-0.05, 0) is 50.6 Å². The Hall–Kier alpha value is -2.98. The van der Waals surface area contributed by atoms with Crippen LogP contribution in [0.2, 0.25) is 0 Å². The van der Waals surface area contributed by atoms with Gasteiger partial charge in [0.2, 0.25) is 10.0 Å². The predicted octanol–water partition coefficient (Wildman–Crippen LogP) is 2.07. The Bertz CT molecular complexity index is 1250. The Morgan fingerprint density at radius 3 is 2.51 bits per heavy atom. The molecular weight excluding hydrogens is 500 g/mol. The van der Waals surface area contributed by atoms with E-state index in [1.54, 1.807) is 26.3 Å². The molecule has 0 aromatic heterocycles. The van der Waals surface area contributed by atoms with Gasteiger partial charge in [0.1, 0.15) is 36.7 Å². The minimum Gasteiger partial charge on any atom is -0.481 e. The van der Waals surface area contributed by atoms with Gasteiger partial charge >= 0.3 is 0 Å². The predicted molar refractivity (Wildman–Crippen MR) is 132 cm³/mol. The van der Waals surface area contributed by atoms with Gasteiger partial charge in [0.25, 0.3) is 5.91 Å². The molecule has 0 saturated carbocycles. The summed E-state index contributed by atoms with van der Waals surface area (Å²) in [4.78, 5) is 12.9. The van der Waals surface area contributed by atoms with Crippen LogP contribution in [-0.2, 0) is 35.6 Å². The number of piperidine rings is 1. The van der Waals surface area contributed by atoms with E-state index in [1.807, 2.05) is 30.3 Å². The molecular formula is C26H30N2O8S. The number of sulfonamides is 1. The van der Waals surface area contributed by atoms with E-state index in [2.05, 4.69) is 11.8 Å². The summed E-state index contributed by atoms with van der Waals surface area (Å²) in [6.07, 6.45) is -2.52. The van der Waals surface area contributed by atoms with Crippen LogP contribution in [0.15, 0.2) is 59.5 Å². The number of carbonyl (C=O) groups is 1. The Morgan fingerprint density at radius 2 is 1.86 bits per heavy atom. The van der Waals surface area contributed by atoms with Crippen molar-refractivity contribution in [2.45, 2.75) is 62.4 Å². The Balaban J connectivity index is 1.67. The van der Waals surface area contributed by atoms with Crippen molar-refractivity contribution in [3.05, 3.63) is 60.2 Å². The van der Waals surface area contributed by atoms with Crippen molar-refractivity contribution in [1.82, 2.24) is 9.79 Å². The molecule has 4 atom stereocenters. The molecule has 37 heavy (non-hydrogen) atoms. The molecule has 11 heteroatoms. The third-order valence-electron chi connectivity index (χ3n) is 6.11. The lowest BCUT2D eigenvalue weighted by Crippen LogP contribution is -2.66. The highest BCUT2D eigenvalue weighted by Gasteiger charge is 2.58. The zero-order valence-corrected chi connectivity index (χ0v) is 21.6. The summed E-state index contributed by atoms with van der Waals surface area (Å²) in [7, 11) is -4.24. The van der Waals surface area contributed by atoms with Crippen LogP contribution in [0.5, 0.6) is 5.75 Å². The molecule has 0 radical (unpaired) electrons. The van der Waals surface area contributed by atoms with Gasteiger partial charge < -0.3 is 18.9 Å². The van der Waals surface area contributed by atoms with Gasteiger partial charge in [0.05, 0.1) is 11.5 Å². The van der Waals surface area contributed by atoms with Crippen LogP contribution in [0.1, 0.15) is 26.3 Å². The molecule has 2 aromatic rings. The van der Waals surface area contributed by atoms with Crippen molar-refractivity contribution in [3.63, 3.8) is 0 Å². The summed E-state index contributed by atoms with van der Waals surface area (Å²) < 4.78 is 52.3. The van der Waals surface area contributed by atoms with E-state index < -0.39 is 46.1 Å². The van der Waals surface area contributed by atoms with Gasteiger partial charge in [0, 0.05) is 6.54 Å². The fourth-order valence-electron chi connectivity index (χ4n) is 4.50. The highest BCUT2D eigenvalue weighted by molar-refractivity contribution is 7.89. The first-order valence-electron chi connectivity index (χ1n) is 11.8.